The fourth-order valence-electron chi connectivity index (χ4n) is 1.93. The van der Waals surface area contributed by atoms with E-state index in [0.717, 1.165) is 11.9 Å². The summed E-state index contributed by atoms with van der Waals surface area (Å²) in [6, 6.07) is 3.35. The van der Waals surface area contributed by atoms with Gasteiger partial charge in [0, 0.05) is 24.7 Å². The molecule has 0 bridgehead atoms. The normalized spacial score (nSPS) is 14.7. The molecule has 2 aromatic rings. The van der Waals surface area contributed by atoms with Crippen molar-refractivity contribution >= 4 is 0 Å². The molecule has 0 saturated heterocycles. The van der Waals surface area contributed by atoms with E-state index < -0.39 is 11.6 Å². The zero-order valence-electron chi connectivity index (χ0n) is 8.90. The third kappa shape index (κ3) is 1.80. The van der Waals surface area contributed by atoms with Gasteiger partial charge in [0.05, 0.1) is 6.54 Å². The topological polar surface area (TPSA) is 44.8 Å². The third-order valence-corrected chi connectivity index (χ3v) is 2.68. The first-order valence-corrected chi connectivity index (χ1v) is 5.26. The van der Waals surface area contributed by atoms with Gasteiger partial charge in [-0.2, -0.15) is 0 Å². The Bertz CT molecular complexity index is 544. The lowest BCUT2D eigenvalue weighted by molar-refractivity contribution is 0.499. The number of hydrogen-bond acceptors (Lipinski definition) is 2. The first-order chi connectivity index (χ1) is 8.24. The van der Waals surface area contributed by atoms with Crippen molar-refractivity contribution in [1.82, 2.24) is 20.1 Å². The minimum Gasteiger partial charge on any atom is -0.309 e. The number of halogens is 2. The minimum absolute atomic E-state index is 0.406. The van der Waals surface area contributed by atoms with Crippen molar-refractivity contribution in [3.63, 3.8) is 0 Å². The van der Waals surface area contributed by atoms with Crippen molar-refractivity contribution < 1.29 is 8.78 Å². The summed E-state index contributed by atoms with van der Waals surface area (Å²) in [4.78, 5) is 0. The summed E-state index contributed by atoms with van der Waals surface area (Å²) in [5, 5.41) is 12.1. The highest BCUT2D eigenvalue weighted by Gasteiger charge is 2.18. The zero-order valence-corrected chi connectivity index (χ0v) is 8.90. The molecule has 0 spiro atoms. The Hall–Kier alpha value is -1.82. The number of fused-ring (bicyclic) bond motifs is 1. The highest BCUT2D eigenvalue weighted by atomic mass is 19.1. The molecule has 0 unspecified atom stereocenters. The van der Waals surface area contributed by atoms with E-state index in [1.54, 1.807) is 0 Å². The van der Waals surface area contributed by atoms with Crippen LogP contribution in [0.15, 0.2) is 18.2 Å². The van der Waals surface area contributed by atoms with E-state index in [1.165, 1.54) is 12.1 Å². The van der Waals surface area contributed by atoms with Crippen molar-refractivity contribution in [2.45, 2.75) is 13.1 Å². The minimum atomic E-state index is -0.613. The fourth-order valence-corrected chi connectivity index (χ4v) is 1.93. The SMILES string of the molecule is Fc1cc(F)cc(-c2nnc3n2CC[N]C3)c1. The molecule has 0 N–H and O–H groups in total. The molecular formula is C11H9F2N4. The van der Waals surface area contributed by atoms with Gasteiger partial charge in [-0.25, -0.2) is 14.1 Å². The molecule has 0 saturated carbocycles. The van der Waals surface area contributed by atoms with E-state index in [1.807, 2.05) is 4.57 Å². The maximum absolute atomic E-state index is 13.1. The van der Waals surface area contributed by atoms with Gasteiger partial charge in [-0.15, -0.1) is 10.2 Å². The molecule has 6 heteroatoms. The molecule has 1 radical (unpaired) electrons. The Balaban J connectivity index is 2.11. The highest BCUT2D eigenvalue weighted by molar-refractivity contribution is 5.55. The Morgan fingerprint density at radius 3 is 2.59 bits per heavy atom. The molecule has 87 valence electrons. The molecule has 1 aromatic carbocycles. The second-order valence-corrected chi connectivity index (χ2v) is 3.85. The van der Waals surface area contributed by atoms with Gasteiger partial charge in [0.25, 0.3) is 0 Å². The van der Waals surface area contributed by atoms with Crippen LogP contribution < -0.4 is 5.32 Å². The average Bonchev–Trinajstić information content (AvgIpc) is 2.71. The number of aromatic nitrogens is 3. The molecule has 0 atom stereocenters. The first kappa shape index (κ1) is 10.3. The molecule has 0 fully saturated rings. The second-order valence-electron chi connectivity index (χ2n) is 3.85. The van der Waals surface area contributed by atoms with Crippen LogP contribution >= 0.6 is 0 Å². The van der Waals surface area contributed by atoms with Crippen LogP contribution in [0.2, 0.25) is 0 Å². The third-order valence-electron chi connectivity index (χ3n) is 2.68. The summed E-state index contributed by atoms with van der Waals surface area (Å²) in [5.74, 6) is -0.0000803. The van der Waals surface area contributed by atoms with E-state index in [9.17, 15) is 8.78 Å². The van der Waals surface area contributed by atoms with Crippen molar-refractivity contribution in [2.24, 2.45) is 0 Å². The molecule has 1 aliphatic rings. The van der Waals surface area contributed by atoms with Gasteiger partial charge in [-0.3, -0.25) is 0 Å². The monoisotopic (exact) mass is 235 g/mol. The number of nitrogens with zero attached hydrogens (tertiary/aromatic N) is 4. The van der Waals surface area contributed by atoms with Gasteiger partial charge in [0.15, 0.2) is 5.82 Å². The lowest BCUT2D eigenvalue weighted by Gasteiger charge is -2.14. The van der Waals surface area contributed by atoms with Crippen molar-refractivity contribution in [1.29, 1.82) is 0 Å². The van der Waals surface area contributed by atoms with E-state index in [4.69, 9.17) is 0 Å². The lowest BCUT2D eigenvalue weighted by Crippen LogP contribution is -2.23. The lowest BCUT2D eigenvalue weighted by atomic mass is 10.2. The molecule has 0 aliphatic carbocycles. The van der Waals surface area contributed by atoms with Crippen LogP contribution in [-0.2, 0) is 13.1 Å². The fraction of sp³-hybridized carbons (Fsp3) is 0.273. The average molecular weight is 235 g/mol. The predicted octanol–water partition coefficient (Wildman–Crippen LogP) is 1.34. The summed E-state index contributed by atoms with van der Waals surface area (Å²) < 4.78 is 28.1. The number of hydrogen-bond donors (Lipinski definition) is 0. The van der Waals surface area contributed by atoms with Gasteiger partial charge in [0.1, 0.15) is 17.5 Å². The molecule has 3 rings (SSSR count). The van der Waals surface area contributed by atoms with Gasteiger partial charge in [0.2, 0.25) is 0 Å². The molecule has 4 nitrogen and oxygen atoms in total. The molecule has 0 amide bonds. The van der Waals surface area contributed by atoms with Crippen LogP contribution in [-0.4, -0.2) is 21.3 Å². The van der Waals surface area contributed by atoms with Gasteiger partial charge < -0.3 is 4.57 Å². The predicted molar refractivity (Wildman–Crippen MR) is 56.1 cm³/mol. The first-order valence-electron chi connectivity index (χ1n) is 5.26. The number of benzene rings is 1. The molecule has 2 heterocycles. The summed E-state index contributed by atoms with van der Waals surface area (Å²) in [5.41, 5.74) is 0.406. The molecule has 17 heavy (non-hydrogen) atoms. The standard InChI is InChI=1S/C11H9F2N4/c12-8-3-7(4-9(13)5-8)11-16-15-10-6-14-1-2-17(10)11/h3-5H,1-2,6H2. The van der Waals surface area contributed by atoms with E-state index >= 15 is 0 Å². The van der Waals surface area contributed by atoms with E-state index in [2.05, 4.69) is 15.5 Å². The summed E-state index contributed by atoms with van der Waals surface area (Å²) in [6.07, 6.45) is 0. The number of rotatable bonds is 1. The second kappa shape index (κ2) is 3.89. The molecule has 1 aromatic heterocycles. The summed E-state index contributed by atoms with van der Waals surface area (Å²) >= 11 is 0. The highest BCUT2D eigenvalue weighted by Crippen LogP contribution is 2.21. The van der Waals surface area contributed by atoms with E-state index in [-0.39, 0.29) is 0 Å². The molecular weight excluding hydrogens is 226 g/mol. The van der Waals surface area contributed by atoms with Crippen LogP contribution in [0, 0.1) is 11.6 Å². The van der Waals surface area contributed by atoms with Gasteiger partial charge in [-0.05, 0) is 12.1 Å². The Kier molecular flexibility index (Phi) is 2.36. The van der Waals surface area contributed by atoms with Crippen LogP contribution in [0.5, 0.6) is 0 Å². The zero-order chi connectivity index (χ0) is 11.8. The van der Waals surface area contributed by atoms with Crippen LogP contribution in [0.3, 0.4) is 0 Å². The maximum Gasteiger partial charge on any atom is 0.164 e. The Morgan fingerprint density at radius 2 is 1.82 bits per heavy atom. The van der Waals surface area contributed by atoms with Crippen molar-refractivity contribution in [3.8, 4) is 11.4 Å². The maximum atomic E-state index is 13.1. The smallest absolute Gasteiger partial charge is 0.164 e. The van der Waals surface area contributed by atoms with Crippen LogP contribution in [0.25, 0.3) is 11.4 Å². The van der Waals surface area contributed by atoms with Crippen molar-refractivity contribution in [3.05, 3.63) is 35.7 Å². The Labute approximate surface area is 96.3 Å². The van der Waals surface area contributed by atoms with Crippen molar-refractivity contribution in [2.75, 3.05) is 6.54 Å². The quantitative estimate of drug-likeness (QED) is 0.748. The van der Waals surface area contributed by atoms with Gasteiger partial charge in [-0.1, -0.05) is 0 Å². The van der Waals surface area contributed by atoms with Crippen LogP contribution in [0.4, 0.5) is 8.78 Å². The van der Waals surface area contributed by atoms with E-state index in [0.29, 0.717) is 31.0 Å². The van der Waals surface area contributed by atoms with Crippen LogP contribution in [0.1, 0.15) is 5.82 Å². The molecule has 1 aliphatic heterocycles. The Morgan fingerprint density at radius 1 is 1.06 bits per heavy atom. The largest absolute Gasteiger partial charge is 0.309 e. The van der Waals surface area contributed by atoms with Gasteiger partial charge >= 0.3 is 0 Å². The summed E-state index contributed by atoms with van der Waals surface area (Å²) in [6.45, 7) is 1.83. The summed E-state index contributed by atoms with van der Waals surface area (Å²) in [7, 11) is 0.